The topological polar surface area (TPSA) is 76.7 Å². The summed E-state index contributed by atoms with van der Waals surface area (Å²) in [5.74, 6) is 0.162. The number of nitrogens with one attached hydrogen (secondary N) is 2. The van der Waals surface area contributed by atoms with Crippen LogP contribution in [0.15, 0.2) is 42.5 Å². The minimum atomic E-state index is -0.486. The Kier molecular flexibility index (Phi) is 6.03. The first-order chi connectivity index (χ1) is 11.5. The lowest BCUT2D eigenvalue weighted by Gasteiger charge is -2.11. The molecule has 0 bridgehead atoms. The van der Waals surface area contributed by atoms with Crippen LogP contribution >= 0.6 is 11.6 Å². The summed E-state index contributed by atoms with van der Waals surface area (Å²) in [5, 5.41) is 0.592. The minimum Gasteiger partial charge on any atom is -0.497 e. The van der Waals surface area contributed by atoms with E-state index in [0.717, 1.165) is 5.56 Å². The normalized spacial score (nSPS) is 9.96. The first kappa shape index (κ1) is 17.6. The lowest BCUT2D eigenvalue weighted by molar-refractivity contribution is -0.123. The number of hydrogen-bond donors (Lipinski definition) is 2. The van der Waals surface area contributed by atoms with E-state index in [9.17, 15) is 9.59 Å². The van der Waals surface area contributed by atoms with Gasteiger partial charge in [0.15, 0.2) is 6.61 Å². The number of ether oxygens (including phenoxy) is 2. The van der Waals surface area contributed by atoms with E-state index in [4.69, 9.17) is 21.1 Å². The van der Waals surface area contributed by atoms with E-state index in [1.54, 1.807) is 42.5 Å². The van der Waals surface area contributed by atoms with Crippen LogP contribution in [-0.2, 0) is 4.79 Å². The Labute approximate surface area is 144 Å². The highest BCUT2D eigenvalue weighted by Crippen LogP contribution is 2.21. The van der Waals surface area contributed by atoms with Crippen LogP contribution in [0.4, 0.5) is 0 Å². The molecule has 0 aliphatic carbocycles. The van der Waals surface area contributed by atoms with E-state index in [0.29, 0.717) is 22.1 Å². The van der Waals surface area contributed by atoms with Crippen LogP contribution in [0.3, 0.4) is 0 Å². The van der Waals surface area contributed by atoms with Crippen molar-refractivity contribution in [1.29, 1.82) is 0 Å². The standard InChI is InChI=1S/C17H17ClN2O4/c1-11-8-13(18)6-7-15(11)24-10-16(21)19-20-17(22)12-4-3-5-14(9-12)23-2/h3-9H,10H2,1-2H3,(H,19,21)(H,20,22). The number of methoxy groups -OCH3 is 1. The van der Waals surface area contributed by atoms with Gasteiger partial charge < -0.3 is 9.47 Å². The van der Waals surface area contributed by atoms with Crippen molar-refractivity contribution in [2.45, 2.75) is 6.92 Å². The average molecular weight is 349 g/mol. The molecule has 2 rings (SSSR count). The summed E-state index contributed by atoms with van der Waals surface area (Å²) < 4.78 is 10.4. The molecule has 2 aromatic rings. The molecule has 0 saturated carbocycles. The number of carbonyl (C=O) groups excluding carboxylic acids is 2. The number of amides is 2. The summed E-state index contributed by atoms with van der Waals surface area (Å²) >= 11 is 5.85. The molecule has 2 amide bonds. The van der Waals surface area contributed by atoms with Crippen molar-refractivity contribution in [1.82, 2.24) is 10.9 Å². The number of aryl methyl sites for hydroxylation is 1. The fourth-order valence-corrected chi connectivity index (χ4v) is 2.14. The van der Waals surface area contributed by atoms with Crippen molar-refractivity contribution in [3.8, 4) is 11.5 Å². The van der Waals surface area contributed by atoms with E-state index in [-0.39, 0.29) is 6.61 Å². The summed E-state index contributed by atoms with van der Waals surface area (Å²) in [6.07, 6.45) is 0. The molecule has 2 N–H and O–H groups in total. The summed E-state index contributed by atoms with van der Waals surface area (Å²) in [4.78, 5) is 23.7. The third-order valence-corrected chi connectivity index (χ3v) is 3.38. The molecular formula is C17H17ClN2O4. The summed E-state index contributed by atoms with van der Waals surface area (Å²) in [6, 6.07) is 11.7. The predicted octanol–water partition coefficient (Wildman–Crippen LogP) is 2.50. The monoisotopic (exact) mass is 348 g/mol. The van der Waals surface area contributed by atoms with Gasteiger partial charge in [-0.1, -0.05) is 17.7 Å². The van der Waals surface area contributed by atoms with Gasteiger partial charge in [-0.05, 0) is 48.9 Å². The van der Waals surface area contributed by atoms with Crippen molar-refractivity contribution < 1.29 is 19.1 Å². The number of benzene rings is 2. The number of hydrogen-bond acceptors (Lipinski definition) is 4. The van der Waals surface area contributed by atoms with Gasteiger partial charge in [0, 0.05) is 10.6 Å². The maximum absolute atomic E-state index is 11.9. The van der Waals surface area contributed by atoms with Gasteiger partial charge in [-0.3, -0.25) is 20.4 Å². The van der Waals surface area contributed by atoms with Gasteiger partial charge in [0.05, 0.1) is 7.11 Å². The number of carbonyl (C=O) groups is 2. The third-order valence-electron chi connectivity index (χ3n) is 3.14. The fourth-order valence-electron chi connectivity index (χ4n) is 1.92. The molecule has 0 spiro atoms. The van der Waals surface area contributed by atoms with Crippen molar-refractivity contribution >= 4 is 23.4 Å². The Balaban J connectivity index is 1.83. The summed E-state index contributed by atoms with van der Waals surface area (Å²) in [5.41, 5.74) is 5.78. The zero-order valence-electron chi connectivity index (χ0n) is 13.3. The van der Waals surface area contributed by atoms with Crippen LogP contribution in [0.1, 0.15) is 15.9 Å². The zero-order valence-corrected chi connectivity index (χ0v) is 14.0. The highest BCUT2D eigenvalue weighted by molar-refractivity contribution is 6.30. The van der Waals surface area contributed by atoms with E-state index in [2.05, 4.69) is 10.9 Å². The summed E-state index contributed by atoms with van der Waals surface area (Å²) in [7, 11) is 1.51. The molecule has 0 fully saturated rings. The highest BCUT2D eigenvalue weighted by atomic mass is 35.5. The second-order valence-corrected chi connectivity index (χ2v) is 5.37. The lowest BCUT2D eigenvalue weighted by atomic mass is 10.2. The lowest BCUT2D eigenvalue weighted by Crippen LogP contribution is -2.43. The molecule has 0 radical (unpaired) electrons. The summed E-state index contributed by atoms with van der Waals surface area (Å²) in [6.45, 7) is 1.59. The molecule has 0 heterocycles. The van der Waals surface area contributed by atoms with E-state index >= 15 is 0 Å². The second-order valence-electron chi connectivity index (χ2n) is 4.93. The smallest absolute Gasteiger partial charge is 0.276 e. The Bertz CT molecular complexity index is 749. The number of rotatable bonds is 5. The molecule has 0 aromatic heterocycles. The SMILES string of the molecule is COc1cccc(C(=O)NNC(=O)COc2ccc(Cl)cc2C)c1. The van der Waals surface area contributed by atoms with Crippen LogP contribution in [-0.4, -0.2) is 25.5 Å². The molecule has 0 unspecified atom stereocenters. The van der Waals surface area contributed by atoms with E-state index in [1.165, 1.54) is 7.11 Å². The molecule has 0 aliphatic heterocycles. The van der Waals surface area contributed by atoms with Crippen molar-refractivity contribution in [2.75, 3.05) is 13.7 Å². The van der Waals surface area contributed by atoms with Crippen LogP contribution in [0, 0.1) is 6.92 Å². The molecule has 7 heteroatoms. The quantitative estimate of drug-likeness (QED) is 0.814. The van der Waals surface area contributed by atoms with Gasteiger partial charge in [-0.15, -0.1) is 0 Å². The molecule has 2 aromatic carbocycles. The minimum absolute atomic E-state index is 0.235. The van der Waals surface area contributed by atoms with Gasteiger partial charge in [-0.2, -0.15) is 0 Å². The van der Waals surface area contributed by atoms with Crippen LogP contribution in [0.25, 0.3) is 0 Å². The van der Waals surface area contributed by atoms with Gasteiger partial charge >= 0.3 is 0 Å². The van der Waals surface area contributed by atoms with E-state index < -0.39 is 11.8 Å². The van der Waals surface area contributed by atoms with Crippen LogP contribution < -0.4 is 20.3 Å². The highest BCUT2D eigenvalue weighted by Gasteiger charge is 2.09. The predicted molar refractivity (Wildman–Crippen MR) is 90.3 cm³/mol. The van der Waals surface area contributed by atoms with Crippen LogP contribution in [0.5, 0.6) is 11.5 Å². The van der Waals surface area contributed by atoms with Gasteiger partial charge in [0.1, 0.15) is 11.5 Å². The zero-order chi connectivity index (χ0) is 17.5. The molecule has 126 valence electrons. The van der Waals surface area contributed by atoms with Gasteiger partial charge in [-0.25, -0.2) is 0 Å². The molecular weight excluding hydrogens is 332 g/mol. The number of halogens is 1. The van der Waals surface area contributed by atoms with Crippen molar-refractivity contribution in [3.05, 3.63) is 58.6 Å². The van der Waals surface area contributed by atoms with Gasteiger partial charge in [0.25, 0.3) is 11.8 Å². The first-order valence-electron chi connectivity index (χ1n) is 7.12. The van der Waals surface area contributed by atoms with Crippen LogP contribution in [0.2, 0.25) is 5.02 Å². The van der Waals surface area contributed by atoms with Crippen molar-refractivity contribution in [3.63, 3.8) is 0 Å². The third kappa shape index (κ3) is 4.89. The fraction of sp³-hybridized carbons (Fsp3) is 0.176. The first-order valence-corrected chi connectivity index (χ1v) is 7.49. The Morgan fingerprint density at radius 2 is 1.92 bits per heavy atom. The second kappa shape index (κ2) is 8.21. The molecule has 24 heavy (non-hydrogen) atoms. The average Bonchev–Trinajstić information content (AvgIpc) is 2.59. The van der Waals surface area contributed by atoms with Crippen molar-refractivity contribution in [2.24, 2.45) is 0 Å². The maximum atomic E-state index is 11.9. The number of hydrazine groups is 1. The molecule has 0 atom stereocenters. The van der Waals surface area contributed by atoms with Gasteiger partial charge in [0.2, 0.25) is 0 Å². The molecule has 0 saturated heterocycles. The Morgan fingerprint density at radius 1 is 1.12 bits per heavy atom. The largest absolute Gasteiger partial charge is 0.497 e. The molecule has 0 aliphatic rings. The van der Waals surface area contributed by atoms with E-state index in [1.807, 2.05) is 6.92 Å². The maximum Gasteiger partial charge on any atom is 0.276 e. The Morgan fingerprint density at radius 3 is 2.62 bits per heavy atom. The Hall–Kier alpha value is -2.73. The molecule has 6 nitrogen and oxygen atoms in total.